The molecular weight excluding hydrogens is 268 g/mol. The maximum absolute atomic E-state index is 12.3. The Morgan fingerprint density at radius 1 is 1.35 bits per heavy atom. The molecule has 1 N–H and O–H groups in total. The van der Waals surface area contributed by atoms with Gasteiger partial charge in [0.05, 0.1) is 12.8 Å². The lowest BCUT2D eigenvalue weighted by Gasteiger charge is -2.19. The first-order valence-electron chi connectivity index (χ1n) is 6.46. The maximum atomic E-state index is 12.3. The number of unbranched alkanes of at least 4 members (excludes halogenated alkanes) is 1. The van der Waals surface area contributed by atoms with Gasteiger partial charge in [0, 0.05) is 0 Å². The van der Waals surface area contributed by atoms with E-state index < -0.39 is 18.6 Å². The molecule has 1 aromatic rings. The van der Waals surface area contributed by atoms with Crippen LogP contribution in [0.15, 0.2) is 24.3 Å². The number of benzene rings is 1. The summed E-state index contributed by atoms with van der Waals surface area (Å²) >= 11 is 0. The minimum atomic E-state index is -2.91. The van der Waals surface area contributed by atoms with Gasteiger partial charge in [0.1, 0.15) is 11.8 Å². The first-order chi connectivity index (χ1) is 9.58. The van der Waals surface area contributed by atoms with Crippen LogP contribution in [0.2, 0.25) is 0 Å². The zero-order chi connectivity index (χ0) is 15.0. The number of carbonyl (C=O) groups excluding carboxylic acids is 1. The molecule has 0 aliphatic rings. The summed E-state index contributed by atoms with van der Waals surface area (Å²) in [4.78, 5) is 11.7. The number of halogens is 2. The highest BCUT2D eigenvalue weighted by Gasteiger charge is 2.20. The Morgan fingerprint density at radius 2 is 2.05 bits per heavy atom. The van der Waals surface area contributed by atoms with E-state index in [0.717, 1.165) is 12.8 Å². The van der Waals surface area contributed by atoms with Crippen molar-refractivity contribution in [3.8, 4) is 5.75 Å². The summed E-state index contributed by atoms with van der Waals surface area (Å²) in [6.07, 6.45) is 2.31. The normalized spacial score (nSPS) is 12.1. The van der Waals surface area contributed by atoms with Crippen molar-refractivity contribution in [1.82, 2.24) is 0 Å². The molecular formula is C14H19F2NO3. The van der Waals surface area contributed by atoms with Crippen LogP contribution in [-0.4, -0.2) is 25.7 Å². The summed E-state index contributed by atoms with van der Waals surface area (Å²) in [5.74, 6) is -0.418. The van der Waals surface area contributed by atoms with Crippen LogP contribution in [-0.2, 0) is 9.53 Å². The number of alkyl halides is 2. The summed E-state index contributed by atoms with van der Waals surface area (Å²) in [6.45, 7) is -0.910. The lowest BCUT2D eigenvalue weighted by Crippen LogP contribution is -2.30. The Morgan fingerprint density at radius 3 is 2.65 bits per heavy atom. The zero-order valence-corrected chi connectivity index (χ0v) is 11.6. The van der Waals surface area contributed by atoms with E-state index in [0.29, 0.717) is 12.1 Å². The van der Waals surface area contributed by atoms with Gasteiger partial charge in [-0.3, -0.25) is 0 Å². The summed E-state index contributed by atoms with van der Waals surface area (Å²) in [5.41, 5.74) is 0.347. The minimum Gasteiger partial charge on any atom is -0.467 e. The molecule has 0 aliphatic carbocycles. The highest BCUT2D eigenvalue weighted by atomic mass is 19.3. The lowest BCUT2D eigenvalue weighted by atomic mass is 10.1. The smallest absolute Gasteiger partial charge is 0.387 e. The number of methoxy groups -OCH3 is 1. The molecule has 0 fully saturated rings. The van der Waals surface area contributed by atoms with Gasteiger partial charge in [0.25, 0.3) is 0 Å². The Kier molecular flexibility index (Phi) is 6.76. The fourth-order valence-electron chi connectivity index (χ4n) is 1.77. The van der Waals surface area contributed by atoms with E-state index in [-0.39, 0.29) is 5.75 Å². The molecule has 4 nitrogen and oxygen atoms in total. The molecule has 1 rings (SSSR count). The topological polar surface area (TPSA) is 47.6 Å². The number of hydrogen-bond donors (Lipinski definition) is 1. The average molecular weight is 287 g/mol. The van der Waals surface area contributed by atoms with Crippen molar-refractivity contribution in [2.75, 3.05) is 12.4 Å². The second kappa shape index (κ2) is 8.35. The van der Waals surface area contributed by atoms with Crippen LogP contribution in [0, 0.1) is 0 Å². The van der Waals surface area contributed by atoms with Gasteiger partial charge < -0.3 is 14.8 Å². The summed E-state index contributed by atoms with van der Waals surface area (Å²) in [6, 6.07) is 5.68. The fraction of sp³-hybridized carbons (Fsp3) is 0.500. The monoisotopic (exact) mass is 287 g/mol. The Labute approximate surface area is 117 Å². The van der Waals surface area contributed by atoms with Crippen LogP contribution in [0.25, 0.3) is 0 Å². The number of esters is 1. The van der Waals surface area contributed by atoms with Gasteiger partial charge in [0.2, 0.25) is 0 Å². The third kappa shape index (κ3) is 5.03. The molecule has 0 spiro atoms. The Hall–Kier alpha value is -1.85. The van der Waals surface area contributed by atoms with Gasteiger partial charge >= 0.3 is 12.6 Å². The highest BCUT2D eigenvalue weighted by Crippen LogP contribution is 2.27. The quantitative estimate of drug-likeness (QED) is 0.744. The van der Waals surface area contributed by atoms with Gasteiger partial charge in [-0.1, -0.05) is 31.9 Å². The van der Waals surface area contributed by atoms with Crippen molar-refractivity contribution >= 4 is 11.7 Å². The third-order valence-corrected chi connectivity index (χ3v) is 2.76. The van der Waals surface area contributed by atoms with E-state index in [1.807, 2.05) is 6.92 Å². The largest absolute Gasteiger partial charge is 0.467 e. The molecule has 1 atom stereocenters. The molecule has 0 saturated carbocycles. The van der Waals surface area contributed by atoms with Crippen molar-refractivity contribution in [2.45, 2.75) is 38.8 Å². The van der Waals surface area contributed by atoms with E-state index >= 15 is 0 Å². The van der Waals surface area contributed by atoms with E-state index in [1.54, 1.807) is 18.2 Å². The third-order valence-electron chi connectivity index (χ3n) is 2.76. The Balaban J connectivity index is 2.84. The minimum absolute atomic E-state index is 0.00732. The molecule has 0 aromatic heterocycles. The van der Waals surface area contributed by atoms with E-state index in [4.69, 9.17) is 4.74 Å². The van der Waals surface area contributed by atoms with Gasteiger partial charge in [-0.25, -0.2) is 4.79 Å². The molecule has 1 aromatic carbocycles. The molecule has 6 heteroatoms. The second-order valence-corrected chi connectivity index (χ2v) is 4.24. The molecule has 112 valence electrons. The molecule has 20 heavy (non-hydrogen) atoms. The van der Waals surface area contributed by atoms with E-state index in [1.165, 1.54) is 13.2 Å². The summed E-state index contributed by atoms with van der Waals surface area (Å²) < 4.78 is 33.8. The molecule has 0 aliphatic heterocycles. The maximum Gasteiger partial charge on any atom is 0.387 e. The number of rotatable bonds is 8. The molecule has 1 unspecified atom stereocenters. The standard InChI is InChI=1S/C14H19F2NO3/c1-3-4-7-11(13(18)19-2)17-10-8-5-6-9-12(10)20-14(15)16/h5-6,8-9,11,14,17H,3-4,7H2,1-2H3. The van der Waals surface area contributed by atoms with E-state index in [9.17, 15) is 13.6 Å². The number of nitrogens with one attached hydrogen (secondary N) is 1. The van der Waals surface area contributed by atoms with Crippen LogP contribution in [0.1, 0.15) is 26.2 Å². The molecule has 0 heterocycles. The SMILES string of the molecule is CCCCC(Nc1ccccc1OC(F)F)C(=O)OC. The summed E-state index contributed by atoms with van der Waals surface area (Å²) in [5, 5.41) is 2.91. The number of anilines is 1. The van der Waals surface area contributed by atoms with Gasteiger partial charge in [-0.2, -0.15) is 8.78 Å². The molecule has 0 amide bonds. The Bertz CT molecular complexity index is 427. The predicted octanol–water partition coefficient (Wildman–Crippen LogP) is 3.43. The van der Waals surface area contributed by atoms with Crippen LogP contribution in [0.4, 0.5) is 14.5 Å². The number of para-hydroxylation sites is 2. The number of hydrogen-bond acceptors (Lipinski definition) is 4. The molecule has 0 saturated heterocycles. The van der Waals surface area contributed by atoms with Crippen molar-refractivity contribution in [3.05, 3.63) is 24.3 Å². The van der Waals surface area contributed by atoms with Crippen LogP contribution >= 0.6 is 0 Å². The van der Waals surface area contributed by atoms with Crippen LogP contribution in [0.3, 0.4) is 0 Å². The molecule has 0 bridgehead atoms. The van der Waals surface area contributed by atoms with Crippen LogP contribution < -0.4 is 10.1 Å². The van der Waals surface area contributed by atoms with Crippen LogP contribution in [0.5, 0.6) is 5.75 Å². The summed E-state index contributed by atoms with van der Waals surface area (Å²) in [7, 11) is 1.30. The zero-order valence-electron chi connectivity index (χ0n) is 11.6. The van der Waals surface area contributed by atoms with Crippen molar-refractivity contribution in [2.24, 2.45) is 0 Å². The second-order valence-electron chi connectivity index (χ2n) is 4.24. The number of ether oxygens (including phenoxy) is 2. The van der Waals surface area contributed by atoms with Gasteiger partial charge in [-0.15, -0.1) is 0 Å². The number of carbonyl (C=O) groups is 1. The molecule has 0 radical (unpaired) electrons. The highest BCUT2D eigenvalue weighted by molar-refractivity contribution is 5.80. The van der Waals surface area contributed by atoms with Crippen molar-refractivity contribution < 1.29 is 23.0 Å². The van der Waals surface area contributed by atoms with Crippen molar-refractivity contribution in [1.29, 1.82) is 0 Å². The van der Waals surface area contributed by atoms with Gasteiger partial charge in [-0.05, 0) is 18.6 Å². The first-order valence-corrected chi connectivity index (χ1v) is 6.46. The van der Waals surface area contributed by atoms with Gasteiger partial charge in [0.15, 0.2) is 0 Å². The van der Waals surface area contributed by atoms with Crippen molar-refractivity contribution in [3.63, 3.8) is 0 Å². The lowest BCUT2D eigenvalue weighted by molar-refractivity contribution is -0.141. The predicted molar refractivity (Wildman–Crippen MR) is 72.0 cm³/mol. The average Bonchev–Trinajstić information content (AvgIpc) is 2.43. The first kappa shape index (κ1) is 16.2. The van der Waals surface area contributed by atoms with E-state index in [2.05, 4.69) is 10.1 Å². The fourth-order valence-corrected chi connectivity index (χ4v) is 1.77.